The number of sulfonamides is 1. The molecule has 162 valence electrons. The van der Waals surface area contributed by atoms with Crippen LogP contribution >= 0.6 is 35.0 Å². The molecule has 1 aliphatic carbocycles. The van der Waals surface area contributed by atoms with Crippen LogP contribution in [0, 0.1) is 12.8 Å². The molecular formula is C21H29Cl2NO3S2. The van der Waals surface area contributed by atoms with Gasteiger partial charge in [0.05, 0.1) is 4.90 Å². The van der Waals surface area contributed by atoms with Crippen LogP contribution in [0.3, 0.4) is 0 Å². The van der Waals surface area contributed by atoms with Crippen molar-refractivity contribution in [2.45, 2.75) is 85.1 Å². The minimum absolute atomic E-state index is 0.103. The highest BCUT2D eigenvalue weighted by Crippen LogP contribution is 2.52. The minimum atomic E-state index is -4.04. The highest BCUT2D eigenvalue weighted by molar-refractivity contribution is 8.01. The van der Waals surface area contributed by atoms with Gasteiger partial charge in [0.15, 0.2) is 0 Å². The number of thioether (sulfide) groups is 1. The molecule has 0 N–H and O–H groups in total. The second-order valence-corrected chi connectivity index (χ2v) is 12.7. The standard InChI is InChI=1S/C21H29Cl2NO3S2/c1-3-4-10-18-19(28-16-8-6-5-7-9-16)24(20(25)21(18,22)23)29(26,27)17-13-11-15(2)12-14-17/h11-14,16,18-19H,3-10H2,1-2H3/t18-,19-/m1/s1. The van der Waals surface area contributed by atoms with Gasteiger partial charge in [-0.05, 0) is 38.3 Å². The van der Waals surface area contributed by atoms with Crippen LogP contribution in [0.5, 0.6) is 0 Å². The quantitative estimate of drug-likeness (QED) is 0.458. The normalized spacial score (nSPS) is 25.5. The maximum atomic E-state index is 13.5. The van der Waals surface area contributed by atoms with E-state index in [2.05, 4.69) is 6.92 Å². The summed E-state index contributed by atoms with van der Waals surface area (Å²) in [5, 5.41) is -0.248. The van der Waals surface area contributed by atoms with Gasteiger partial charge in [-0.15, -0.1) is 11.8 Å². The Morgan fingerprint density at radius 2 is 1.76 bits per heavy atom. The lowest BCUT2D eigenvalue weighted by Gasteiger charge is -2.32. The van der Waals surface area contributed by atoms with Crippen LogP contribution in [0.25, 0.3) is 0 Å². The molecule has 29 heavy (non-hydrogen) atoms. The molecule has 8 heteroatoms. The number of unbranched alkanes of at least 4 members (excludes halogenated alkanes) is 1. The fraction of sp³-hybridized carbons (Fsp3) is 0.667. The Hall–Kier alpha value is -0.430. The molecule has 1 aromatic rings. The Morgan fingerprint density at radius 1 is 1.14 bits per heavy atom. The minimum Gasteiger partial charge on any atom is -0.270 e. The van der Waals surface area contributed by atoms with Gasteiger partial charge < -0.3 is 0 Å². The summed E-state index contributed by atoms with van der Waals surface area (Å²) in [7, 11) is -4.04. The number of hydrogen-bond donors (Lipinski definition) is 0. The number of carbonyl (C=O) groups is 1. The van der Waals surface area contributed by atoms with E-state index in [1.54, 1.807) is 36.0 Å². The molecule has 0 bridgehead atoms. The fourth-order valence-corrected chi connectivity index (χ4v) is 8.73. The van der Waals surface area contributed by atoms with E-state index in [0.717, 1.165) is 48.4 Å². The van der Waals surface area contributed by atoms with Crippen LogP contribution in [0.1, 0.15) is 63.9 Å². The van der Waals surface area contributed by atoms with Crippen LogP contribution in [-0.4, -0.2) is 33.6 Å². The Labute approximate surface area is 188 Å². The topological polar surface area (TPSA) is 54.5 Å². The van der Waals surface area contributed by atoms with Crippen molar-refractivity contribution in [2.75, 3.05) is 0 Å². The molecule has 1 heterocycles. The number of hydrogen-bond acceptors (Lipinski definition) is 4. The van der Waals surface area contributed by atoms with Crippen molar-refractivity contribution in [3.8, 4) is 0 Å². The van der Waals surface area contributed by atoms with Crippen molar-refractivity contribution in [3.63, 3.8) is 0 Å². The summed E-state index contributed by atoms with van der Waals surface area (Å²) < 4.78 is 26.3. The Bertz CT molecular complexity index is 821. The number of halogens is 2. The first-order valence-corrected chi connectivity index (χ1v) is 13.5. The van der Waals surface area contributed by atoms with E-state index in [9.17, 15) is 13.2 Å². The van der Waals surface area contributed by atoms with Gasteiger partial charge in [-0.1, -0.05) is 79.9 Å². The van der Waals surface area contributed by atoms with E-state index in [-0.39, 0.29) is 4.90 Å². The van der Waals surface area contributed by atoms with Gasteiger partial charge >= 0.3 is 0 Å². The van der Waals surface area contributed by atoms with Crippen LogP contribution in [0.15, 0.2) is 29.2 Å². The SMILES string of the molecule is CCCC[C@@H]1[C@@H](SC2CCCCC2)N(S(=O)(=O)c2ccc(C)cc2)C(=O)C1(Cl)Cl. The average molecular weight is 479 g/mol. The van der Waals surface area contributed by atoms with Gasteiger partial charge in [-0.3, -0.25) is 4.79 Å². The monoisotopic (exact) mass is 477 g/mol. The summed E-state index contributed by atoms with van der Waals surface area (Å²) >= 11 is 14.7. The van der Waals surface area contributed by atoms with Gasteiger partial charge in [0.1, 0.15) is 5.37 Å². The van der Waals surface area contributed by atoms with Crippen molar-refractivity contribution in [2.24, 2.45) is 5.92 Å². The first-order valence-electron chi connectivity index (χ1n) is 10.4. The lowest BCUT2D eigenvalue weighted by Crippen LogP contribution is -2.40. The van der Waals surface area contributed by atoms with Crippen LogP contribution in [0.2, 0.25) is 0 Å². The molecule has 1 saturated carbocycles. The molecule has 1 amide bonds. The maximum Gasteiger partial charge on any atom is 0.274 e. The molecule has 0 aromatic heterocycles. The van der Waals surface area contributed by atoms with Crippen molar-refractivity contribution in [3.05, 3.63) is 29.8 Å². The number of amides is 1. The molecule has 0 spiro atoms. The molecule has 1 saturated heterocycles. The maximum absolute atomic E-state index is 13.5. The van der Waals surface area contributed by atoms with E-state index in [1.165, 1.54) is 6.42 Å². The van der Waals surface area contributed by atoms with Crippen LogP contribution < -0.4 is 0 Å². The van der Waals surface area contributed by atoms with Gasteiger partial charge in [0, 0.05) is 11.2 Å². The number of nitrogens with zero attached hydrogens (tertiary/aromatic N) is 1. The molecule has 3 rings (SSSR count). The molecular weight excluding hydrogens is 449 g/mol. The number of alkyl halides is 2. The highest BCUT2D eigenvalue weighted by atomic mass is 35.5. The molecule has 0 radical (unpaired) electrons. The first kappa shape index (κ1) is 23.2. The third kappa shape index (κ3) is 4.76. The molecule has 4 nitrogen and oxygen atoms in total. The second kappa shape index (κ2) is 9.37. The van der Waals surface area contributed by atoms with Crippen LogP contribution in [-0.2, 0) is 14.8 Å². The molecule has 2 aliphatic rings. The van der Waals surface area contributed by atoms with E-state index in [1.807, 2.05) is 6.92 Å². The van der Waals surface area contributed by atoms with Gasteiger partial charge in [0.25, 0.3) is 15.9 Å². The van der Waals surface area contributed by atoms with Crippen molar-refractivity contribution >= 4 is 50.9 Å². The number of carbonyl (C=O) groups excluding carboxylic acids is 1. The van der Waals surface area contributed by atoms with E-state index in [0.29, 0.717) is 11.7 Å². The van der Waals surface area contributed by atoms with E-state index >= 15 is 0 Å². The molecule has 2 atom stereocenters. The summed E-state index contributed by atoms with van der Waals surface area (Å²) in [6, 6.07) is 6.56. The Morgan fingerprint density at radius 3 is 2.34 bits per heavy atom. The first-order chi connectivity index (χ1) is 13.7. The molecule has 0 unspecified atom stereocenters. The van der Waals surface area contributed by atoms with Gasteiger partial charge in [-0.25, -0.2) is 12.7 Å². The summed E-state index contributed by atoms with van der Waals surface area (Å²) in [5.74, 6) is -1.14. The summed E-state index contributed by atoms with van der Waals surface area (Å²) in [6.45, 7) is 3.95. The lowest BCUT2D eigenvalue weighted by atomic mass is 10.00. The average Bonchev–Trinajstić information content (AvgIpc) is 2.87. The number of rotatable bonds is 7. The van der Waals surface area contributed by atoms with Gasteiger partial charge in [0.2, 0.25) is 4.33 Å². The Balaban J connectivity index is 2.00. The lowest BCUT2D eigenvalue weighted by molar-refractivity contribution is -0.124. The molecule has 2 fully saturated rings. The van der Waals surface area contributed by atoms with Crippen molar-refractivity contribution in [1.82, 2.24) is 4.31 Å². The highest BCUT2D eigenvalue weighted by Gasteiger charge is 2.61. The van der Waals surface area contributed by atoms with Crippen LogP contribution in [0.4, 0.5) is 0 Å². The third-order valence-corrected chi connectivity index (χ3v) is 10.3. The predicted molar refractivity (Wildman–Crippen MR) is 121 cm³/mol. The second-order valence-electron chi connectivity index (χ2n) is 8.08. The van der Waals surface area contributed by atoms with Crippen molar-refractivity contribution < 1.29 is 13.2 Å². The van der Waals surface area contributed by atoms with Crippen molar-refractivity contribution in [1.29, 1.82) is 0 Å². The summed E-state index contributed by atoms with van der Waals surface area (Å²) in [4.78, 5) is 13.3. The predicted octanol–water partition coefficient (Wildman–Crippen LogP) is 5.90. The smallest absolute Gasteiger partial charge is 0.270 e. The third-order valence-electron chi connectivity index (χ3n) is 5.86. The number of benzene rings is 1. The van der Waals surface area contributed by atoms with E-state index < -0.39 is 31.6 Å². The zero-order valence-electron chi connectivity index (χ0n) is 16.9. The number of aryl methyl sites for hydroxylation is 1. The van der Waals surface area contributed by atoms with E-state index in [4.69, 9.17) is 23.2 Å². The molecule has 1 aliphatic heterocycles. The van der Waals surface area contributed by atoms with Gasteiger partial charge in [-0.2, -0.15) is 0 Å². The largest absolute Gasteiger partial charge is 0.274 e. The fourth-order valence-electron chi connectivity index (χ4n) is 4.13. The zero-order chi connectivity index (χ0) is 21.2. The molecule has 1 aromatic carbocycles. The summed E-state index contributed by atoms with van der Waals surface area (Å²) in [5.41, 5.74) is 0.953. The summed E-state index contributed by atoms with van der Waals surface area (Å²) in [6.07, 6.45) is 7.95. The Kier molecular flexibility index (Phi) is 7.51. The zero-order valence-corrected chi connectivity index (χ0v) is 20.1.